The first-order chi connectivity index (χ1) is 16.1. The summed E-state index contributed by atoms with van der Waals surface area (Å²) in [5.74, 6) is 1.18. The Hall–Kier alpha value is -2.90. The number of hydrogen-bond acceptors (Lipinski definition) is 5. The molecule has 3 heterocycles. The number of carbonyl (C=O) groups excluding carboxylic acids is 1. The van der Waals surface area contributed by atoms with Gasteiger partial charge >= 0.3 is 0 Å². The van der Waals surface area contributed by atoms with Gasteiger partial charge in [-0.2, -0.15) is 0 Å². The van der Waals surface area contributed by atoms with Crippen molar-refractivity contribution >= 4 is 22.6 Å². The van der Waals surface area contributed by atoms with Crippen LogP contribution in [0.3, 0.4) is 0 Å². The Morgan fingerprint density at radius 1 is 0.970 bits per heavy atom. The average Bonchev–Trinajstić information content (AvgIpc) is 3.23. The van der Waals surface area contributed by atoms with Crippen LogP contribution in [0.15, 0.2) is 48.5 Å². The van der Waals surface area contributed by atoms with Crippen molar-refractivity contribution in [2.45, 2.75) is 26.4 Å². The molecule has 2 aliphatic heterocycles. The zero-order valence-electron chi connectivity index (χ0n) is 19.6. The third kappa shape index (κ3) is 4.61. The van der Waals surface area contributed by atoms with Gasteiger partial charge in [0, 0.05) is 70.0 Å². The Labute approximate surface area is 195 Å². The van der Waals surface area contributed by atoms with E-state index >= 15 is 0 Å². The van der Waals surface area contributed by atoms with E-state index in [2.05, 4.69) is 69.8 Å². The maximum Gasteiger partial charge on any atom is 0.219 e. The number of para-hydroxylation sites is 2. The molecule has 0 unspecified atom stereocenters. The lowest BCUT2D eigenvalue weighted by Crippen LogP contribution is -2.48. The fourth-order valence-electron chi connectivity index (χ4n) is 4.98. The van der Waals surface area contributed by atoms with Crippen LogP contribution in [0, 0.1) is 0 Å². The second kappa shape index (κ2) is 9.53. The molecule has 1 aromatic heterocycles. The van der Waals surface area contributed by atoms with E-state index in [0.29, 0.717) is 6.04 Å². The van der Waals surface area contributed by atoms with Crippen molar-refractivity contribution in [2.24, 2.45) is 0 Å². The van der Waals surface area contributed by atoms with Gasteiger partial charge in [-0.25, -0.2) is 4.98 Å². The van der Waals surface area contributed by atoms with Crippen LogP contribution < -0.4 is 4.90 Å². The third-order valence-corrected chi connectivity index (χ3v) is 6.99. The summed E-state index contributed by atoms with van der Waals surface area (Å²) < 4.78 is 7.91. The second-order valence-electron chi connectivity index (χ2n) is 9.07. The summed E-state index contributed by atoms with van der Waals surface area (Å²) in [5.41, 5.74) is 4.54. The number of hydrogen-bond donors (Lipinski definition) is 0. The summed E-state index contributed by atoms with van der Waals surface area (Å²) in [5, 5.41) is 0. The fourth-order valence-corrected chi connectivity index (χ4v) is 4.98. The van der Waals surface area contributed by atoms with Crippen LogP contribution >= 0.6 is 0 Å². The number of amides is 1. The molecule has 0 bridgehead atoms. The predicted molar refractivity (Wildman–Crippen MR) is 131 cm³/mol. The summed E-state index contributed by atoms with van der Waals surface area (Å²) >= 11 is 0. The number of nitrogens with zero attached hydrogens (tertiary/aromatic N) is 5. The Morgan fingerprint density at radius 3 is 2.36 bits per heavy atom. The van der Waals surface area contributed by atoms with Gasteiger partial charge in [-0.1, -0.05) is 12.1 Å². The van der Waals surface area contributed by atoms with E-state index in [1.165, 1.54) is 11.2 Å². The molecule has 0 aliphatic carbocycles. The molecule has 33 heavy (non-hydrogen) atoms. The molecule has 2 aromatic carbocycles. The van der Waals surface area contributed by atoms with Crippen molar-refractivity contribution in [1.82, 2.24) is 19.4 Å². The molecule has 5 rings (SSSR count). The van der Waals surface area contributed by atoms with Crippen LogP contribution in [0.4, 0.5) is 5.69 Å². The molecular formula is C26H33N5O2. The van der Waals surface area contributed by atoms with Gasteiger partial charge in [-0.05, 0) is 43.3 Å². The largest absolute Gasteiger partial charge is 0.379 e. The lowest BCUT2D eigenvalue weighted by molar-refractivity contribution is -0.129. The summed E-state index contributed by atoms with van der Waals surface area (Å²) in [6, 6.07) is 17.6. The molecule has 0 radical (unpaired) electrons. The number of benzene rings is 2. The number of aromatic nitrogens is 2. The Morgan fingerprint density at radius 2 is 1.67 bits per heavy atom. The number of carbonyl (C=O) groups is 1. The van der Waals surface area contributed by atoms with Crippen LogP contribution in [0.1, 0.15) is 13.8 Å². The number of anilines is 1. The van der Waals surface area contributed by atoms with Gasteiger partial charge in [-0.3, -0.25) is 9.69 Å². The maximum absolute atomic E-state index is 11.6. The lowest BCUT2D eigenvalue weighted by Gasteiger charge is -2.35. The van der Waals surface area contributed by atoms with Crippen molar-refractivity contribution in [3.63, 3.8) is 0 Å². The molecule has 1 amide bonds. The first-order valence-electron chi connectivity index (χ1n) is 12.0. The van der Waals surface area contributed by atoms with E-state index in [0.717, 1.165) is 75.9 Å². The first-order valence-corrected chi connectivity index (χ1v) is 12.0. The van der Waals surface area contributed by atoms with Gasteiger partial charge in [0.15, 0.2) is 0 Å². The highest BCUT2D eigenvalue weighted by Crippen LogP contribution is 2.28. The van der Waals surface area contributed by atoms with Crippen molar-refractivity contribution in [1.29, 1.82) is 0 Å². The first kappa shape index (κ1) is 21.9. The number of fused-ring (bicyclic) bond motifs is 1. The minimum atomic E-state index is 0.162. The van der Waals surface area contributed by atoms with Gasteiger partial charge in [0.05, 0.1) is 24.2 Å². The minimum absolute atomic E-state index is 0.162. The topological polar surface area (TPSA) is 53.8 Å². The van der Waals surface area contributed by atoms with E-state index in [-0.39, 0.29) is 5.91 Å². The summed E-state index contributed by atoms with van der Waals surface area (Å²) in [6.07, 6.45) is 0. The Bertz CT molecular complexity index is 1100. The predicted octanol–water partition coefficient (Wildman–Crippen LogP) is 3.09. The van der Waals surface area contributed by atoms with Gasteiger partial charge in [-0.15, -0.1) is 0 Å². The van der Waals surface area contributed by atoms with Crippen molar-refractivity contribution in [2.75, 3.05) is 57.4 Å². The fraction of sp³-hybridized carbons (Fsp3) is 0.462. The second-order valence-corrected chi connectivity index (χ2v) is 9.07. The lowest BCUT2D eigenvalue weighted by atomic mass is 10.1. The molecular weight excluding hydrogens is 414 g/mol. The summed E-state index contributed by atoms with van der Waals surface area (Å²) in [6.45, 7) is 11.7. The number of piperazine rings is 1. The van der Waals surface area contributed by atoms with Crippen molar-refractivity contribution in [3.05, 3.63) is 48.5 Å². The Kier molecular flexibility index (Phi) is 6.33. The highest BCUT2D eigenvalue weighted by Gasteiger charge is 2.22. The zero-order valence-corrected chi connectivity index (χ0v) is 19.6. The van der Waals surface area contributed by atoms with E-state index in [4.69, 9.17) is 9.72 Å². The van der Waals surface area contributed by atoms with Crippen LogP contribution in [0.2, 0.25) is 0 Å². The molecule has 7 heteroatoms. The summed E-state index contributed by atoms with van der Waals surface area (Å²) in [7, 11) is 0. The highest BCUT2D eigenvalue weighted by molar-refractivity contribution is 5.81. The molecule has 7 nitrogen and oxygen atoms in total. The average molecular weight is 448 g/mol. The number of imidazole rings is 1. The van der Waals surface area contributed by atoms with Crippen LogP contribution in [-0.2, 0) is 16.1 Å². The van der Waals surface area contributed by atoms with Gasteiger partial charge in [0.2, 0.25) is 5.91 Å². The molecule has 0 spiro atoms. The molecule has 1 atom stereocenters. The number of morpholine rings is 1. The summed E-state index contributed by atoms with van der Waals surface area (Å²) in [4.78, 5) is 23.4. The number of ether oxygens (including phenoxy) is 1. The monoisotopic (exact) mass is 447 g/mol. The minimum Gasteiger partial charge on any atom is -0.379 e. The quantitative estimate of drug-likeness (QED) is 0.602. The van der Waals surface area contributed by atoms with E-state index in [9.17, 15) is 4.79 Å². The highest BCUT2D eigenvalue weighted by atomic mass is 16.5. The third-order valence-electron chi connectivity index (χ3n) is 6.99. The van der Waals surface area contributed by atoms with Gasteiger partial charge in [0.25, 0.3) is 0 Å². The van der Waals surface area contributed by atoms with Crippen molar-refractivity contribution < 1.29 is 9.53 Å². The molecule has 3 aromatic rings. The standard InChI is InChI=1S/C26H33N5O2/c1-20(28-15-17-33-18-16-28)19-31-25-6-4-3-5-24(25)27-26(31)22-7-9-23(10-8-22)30-13-11-29(12-14-30)21(2)32/h3-10,20H,11-19H2,1-2H3/t20-/m0/s1. The van der Waals surface area contributed by atoms with E-state index in [1.54, 1.807) is 6.92 Å². The van der Waals surface area contributed by atoms with Crippen LogP contribution in [0.25, 0.3) is 22.4 Å². The molecule has 2 aliphatic rings. The normalized spacial score (nSPS) is 18.6. The van der Waals surface area contributed by atoms with Gasteiger partial charge < -0.3 is 19.1 Å². The number of rotatable bonds is 5. The molecule has 2 saturated heterocycles. The van der Waals surface area contributed by atoms with Crippen LogP contribution in [-0.4, -0.2) is 83.8 Å². The molecule has 0 saturated carbocycles. The van der Waals surface area contributed by atoms with Gasteiger partial charge in [0.1, 0.15) is 5.82 Å². The molecule has 2 fully saturated rings. The van der Waals surface area contributed by atoms with Crippen molar-refractivity contribution in [3.8, 4) is 11.4 Å². The molecule has 174 valence electrons. The van der Waals surface area contributed by atoms with E-state index in [1.807, 2.05) is 4.90 Å². The SMILES string of the molecule is CC(=O)N1CCN(c2ccc(-c3nc4ccccc4n3C[C@H](C)N3CCOCC3)cc2)CC1. The maximum atomic E-state index is 11.6. The molecule has 0 N–H and O–H groups in total. The van der Waals surface area contributed by atoms with Crippen LogP contribution in [0.5, 0.6) is 0 Å². The smallest absolute Gasteiger partial charge is 0.219 e. The zero-order chi connectivity index (χ0) is 22.8. The Balaban J connectivity index is 1.39. The van der Waals surface area contributed by atoms with E-state index < -0.39 is 0 Å².